The Kier molecular flexibility index (Phi) is 3.89. The number of rotatable bonds is 4. The Morgan fingerprint density at radius 3 is 2.71 bits per heavy atom. The van der Waals surface area contributed by atoms with Crippen LogP contribution in [-0.2, 0) is 0 Å². The van der Waals surface area contributed by atoms with E-state index < -0.39 is 0 Å². The van der Waals surface area contributed by atoms with Gasteiger partial charge in [-0.3, -0.25) is 4.79 Å². The Hall–Kier alpha value is -1.22. The Bertz CT molecular complexity index is 411. The van der Waals surface area contributed by atoms with Crippen LogP contribution in [0.5, 0.6) is 0 Å². The summed E-state index contributed by atoms with van der Waals surface area (Å²) in [6.45, 7) is 4.73. The van der Waals surface area contributed by atoms with Crippen molar-refractivity contribution in [3.8, 4) is 0 Å². The molecule has 1 fully saturated rings. The highest BCUT2D eigenvalue weighted by molar-refractivity contribution is 5.96. The van der Waals surface area contributed by atoms with E-state index >= 15 is 0 Å². The summed E-state index contributed by atoms with van der Waals surface area (Å²) in [7, 11) is 0. The lowest BCUT2D eigenvalue weighted by Gasteiger charge is -2.13. The number of benzene rings is 1. The summed E-state index contributed by atoms with van der Waals surface area (Å²) in [6, 6.07) is 4.59. The van der Waals surface area contributed by atoms with Crippen LogP contribution in [0.3, 0.4) is 0 Å². The molecule has 0 spiro atoms. The number of aryl methyl sites for hydroxylation is 1. The molecule has 3 heteroatoms. The maximum absolute atomic E-state index is 13.1. The Morgan fingerprint density at radius 1 is 1.35 bits per heavy atom. The van der Waals surface area contributed by atoms with Crippen LogP contribution >= 0.6 is 0 Å². The van der Waals surface area contributed by atoms with E-state index in [4.69, 9.17) is 0 Å². The number of nitrogens with zero attached hydrogens (tertiary/aromatic N) is 1. The van der Waals surface area contributed by atoms with Crippen molar-refractivity contribution >= 4 is 5.78 Å². The van der Waals surface area contributed by atoms with Crippen LogP contribution in [0, 0.1) is 12.7 Å². The number of hydrogen-bond acceptors (Lipinski definition) is 2. The van der Waals surface area contributed by atoms with Crippen LogP contribution < -0.4 is 0 Å². The predicted molar refractivity (Wildman–Crippen MR) is 65.8 cm³/mol. The third kappa shape index (κ3) is 3.13. The van der Waals surface area contributed by atoms with Crippen molar-refractivity contribution in [2.24, 2.45) is 0 Å². The lowest BCUT2D eigenvalue weighted by atomic mass is 10.1. The second kappa shape index (κ2) is 5.41. The minimum absolute atomic E-state index is 0.111. The smallest absolute Gasteiger partial charge is 0.164 e. The highest BCUT2D eigenvalue weighted by Crippen LogP contribution is 2.13. The minimum atomic E-state index is -0.249. The third-order valence-corrected chi connectivity index (χ3v) is 3.33. The first kappa shape index (κ1) is 12.2. The maximum Gasteiger partial charge on any atom is 0.164 e. The zero-order chi connectivity index (χ0) is 12.3. The number of halogens is 1. The standard InChI is InChI=1S/C14H18FNO/c1-11-10-12(4-5-13(11)15)14(17)6-9-16-7-2-3-8-16/h4-5,10H,2-3,6-9H2,1H3. The van der Waals surface area contributed by atoms with Crippen LogP contribution in [0.25, 0.3) is 0 Å². The minimum Gasteiger partial charge on any atom is -0.303 e. The van der Waals surface area contributed by atoms with Crippen LogP contribution in [0.15, 0.2) is 18.2 Å². The summed E-state index contributed by atoms with van der Waals surface area (Å²) in [4.78, 5) is 14.2. The van der Waals surface area contributed by atoms with Crippen molar-refractivity contribution in [1.82, 2.24) is 4.90 Å². The zero-order valence-corrected chi connectivity index (χ0v) is 10.2. The third-order valence-electron chi connectivity index (χ3n) is 3.33. The first-order valence-electron chi connectivity index (χ1n) is 6.18. The molecule has 1 aliphatic heterocycles. The van der Waals surface area contributed by atoms with E-state index in [0.717, 1.165) is 19.6 Å². The van der Waals surface area contributed by atoms with Gasteiger partial charge in [-0.15, -0.1) is 0 Å². The van der Waals surface area contributed by atoms with E-state index in [1.165, 1.54) is 18.9 Å². The number of hydrogen-bond donors (Lipinski definition) is 0. The van der Waals surface area contributed by atoms with Crippen molar-refractivity contribution < 1.29 is 9.18 Å². The fourth-order valence-electron chi connectivity index (χ4n) is 2.23. The fraction of sp³-hybridized carbons (Fsp3) is 0.500. The first-order chi connectivity index (χ1) is 8.16. The molecule has 0 aliphatic carbocycles. The molecule has 0 amide bonds. The highest BCUT2D eigenvalue weighted by atomic mass is 19.1. The summed E-state index contributed by atoms with van der Waals surface area (Å²) in [5.74, 6) is -0.138. The predicted octanol–water partition coefficient (Wildman–Crippen LogP) is 2.80. The van der Waals surface area contributed by atoms with Gasteiger partial charge in [0.2, 0.25) is 0 Å². The molecule has 0 N–H and O–H groups in total. The molecule has 0 atom stereocenters. The van der Waals surface area contributed by atoms with Crippen LogP contribution in [0.4, 0.5) is 4.39 Å². The summed E-state index contributed by atoms with van der Waals surface area (Å²) in [5, 5.41) is 0. The van der Waals surface area contributed by atoms with Crippen molar-refractivity contribution in [1.29, 1.82) is 0 Å². The second-order valence-corrected chi connectivity index (χ2v) is 4.69. The lowest BCUT2D eigenvalue weighted by molar-refractivity contribution is 0.0969. The van der Waals surface area contributed by atoms with Gasteiger partial charge in [0.05, 0.1) is 0 Å². The summed E-state index contributed by atoms with van der Waals surface area (Å²) < 4.78 is 13.1. The molecule has 17 heavy (non-hydrogen) atoms. The lowest BCUT2D eigenvalue weighted by Crippen LogP contribution is -2.22. The molecule has 0 aromatic heterocycles. The van der Waals surface area contributed by atoms with Crippen molar-refractivity contribution in [3.05, 3.63) is 35.1 Å². The van der Waals surface area contributed by atoms with Gasteiger partial charge in [-0.2, -0.15) is 0 Å². The molecular formula is C14H18FNO. The molecule has 1 aromatic carbocycles. The normalized spacial score (nSPS) is 16.4. The van der Waals surface area contributed by atoms with Gasteiger partial charge in [-0.05, 0) is 56.6 Å². The molecule has 1 aliphatic rings. The van der Waals surface area contributed by atoms with Gasteiger partial charge in [0.15, 0.2) is 5.78 Å². The van der Waals surface area contributed by atoms with Crippen LogP contribution in [0.2, 0.25) is 0 Å². The van der Waals surface area contributed by atoms with Gasteiger partial charge in [0, 0.05) is 18.5 Å². The van der Waals surface area contributed by atoms with E-state index in [1.807, 2.05) is 0 Å². The van der Waals surface area contributed by atoms with Crippen molar-refractivity contribution in [2.75, 3.05) is 19.6 Å². The fourth-order valence-corrected chi connectivity index (χ4v) is 2.23. The van der Waals surface area contributed by atoms with E-state index in [0.29, 0.717) is 17.5 Å². The molecule has 2 rings (SSSR count). The quantitative estimate of drug-likeness (QED) is 0.748. The largest absolute Gasteiger partial charge is 0.303 e. The highest BCUT2D eigenvalue weighted by Gasteiger charge is 2.14. The topological polar surface area (TPSA) is 20.3 Å². The van der Waals surface area contributed by atoms with E-state index in [9.17, 15) is 9.18 Å². The SMILES string of the molecule is Cc1cc(C(=O)CCN2CCCC2)ccc1F. The Balaban J connectivity index is 1.92. The number of carbonyl (C=O) groups is 1. The van der Waals surface area contributed by atoms with Crippen molar-refractivity contribution in [2.45, 2.75) is 26.2 Å². The van der Waals surface area contributed by atoms with Crippen molar-refractivity contribution in [3.63, 3.8) is 0 Å². The van der Waals surface area contributed by atoms with Gasteiger partial charge in [0.1, 0.15) is 5.82 Å². The molecular weight excluding hydrogens is 217 g/mol. The molecule has 0 unspecified atom stereocenters. The van der Waals surface area contributed by atoms with Gasteiger partial charge < -0.3 is 4.90 Å². The van der Waals surface area contributed by atoms with Gasteiger partial charge in [-0.1, -0.05) is 0 Å². The number of ketones is 1. The van der Waals surface area contributed by atoms with Gasteiger partial charge in [0.25, 0.3) is 0 Å². The first-order valence-corrected chi connectivity index (χ1v) is 6.18. The molecule has 0 radical (unpaired) electrons. The van der Waals surface area contributed by atoms with Gasteiger partial charge >= 0.3 is 0 Å². The average Bonchev–Trinajstić information content (AvgIpc) is 2.82. The monoisotopic (exact) mass is 235 g/mol. The van der Waals surface area contributed by atoms with E-state index in [2.05, 4.69) is 4.90 Å². The Labute approximate surface area is 101 Å². The molecule has 0 saturated carbocycles. The van der Waals surface area contributed by atoms with Crippen LogP contribution in [-0.4, -0.2) is 30.3 Å². The second-order valence-electron chi connectivity index (χ2n) is 4.69. The number of carbonyl (C=O) groups excluding carboxylic acids is 1. The summed E-state index contributed by atoms with van der Waals surface area (Å²) in [6.07, 6.45) is 3.01. The molecule has 1 aromatic rings. The molecule has 1 heterocycles. The Morgan fingerprint density at radius 2 is 2.06 bits per heavy atom. The molecule has 2 nitrogen and oxygen atoms in total. The summed E-state index contributed by atoms with van der Waals surface area (Å²) >= 11 is 0. The molecule has 1 saturated heterocycles. The van der Waals surface area contributed by atoms with Gasteiger partial charge in [-0.25, -0.2) is 4.39 Å². The van der Waals surface area contributed by atoms with E-state index in [1.54, 1.807) is 19.1 Å². The number of likely N-dealkylation sites (tertiary alicyclic amines) is 1. The molecule has 0 bridgehead atoms. The average molecular weight is 235 g/mol. The zero-order valence-electron chi connectivity index (χ0n) is 10.2. The summed E-state index contributed by atoms with van der Waals surface area (Å²) in [5.41, 5.74) is 1.17. The number of Topliss-reactive ketones (excluding diaryl/α,β-unsaturated/α-hetero) is 1. The molecule has 92 valence electrons. The van der Waals surface area contributed by atoms with Crippen LogP contribution in [0.1, 0.15) is 35.2 Å². The van der Waals surface area contributed by atoms with E-state index in [-0.39, 0.29) is 11.6 Å². The maximum atomic E-state index is 13.1.